The average Bonchev–Trinajstić information content (AvgIpc) is 3.25. The van der Waals surface area contributed by atoms with Crippen LogP contribution >= 0.6 is 11.3 Å². The highest BCUT2D eigenvalue weighted by Crippen LogP contribution is 2.35. The lowest BCUT2D eigenvalue weighted by atomic mass is 9.92. The van der Waals surface area contributed by atoms with Crippen LogP contribution in [0.15, 0.2) is 35.4 Å². The average molecular weight is 330 g/mol. The Bertz CT molecular complexity index is 664. The van der Waals surface area contributed by atoms with Gasteiger partial charge in [0.2, 0.25) is 5.91 Å². The van der Waals surface area contributed by atoms with E-state index in [2.05, 4.69) is 37.0 Å². The first kappa shape index (κ1) is 14.7. The van der Waals surface area contributed by atoms with Gasteiger partial charge in [0.05, 0.1) is 24.8 Å². The number of thiophene rings is 1. The molecule has 2 saturated heterocycles. The van der Waals surface area contributed by atoms with Crippen LogP contribution in [0.4, 0.5) is 5.82 Å². The monoisotopic (exact) mass is 330 g/mol. The number of hydrogen-bond acceptors (Lipinski definition) is 6. The quantitative estimate of drug-likeness (QED) is 0.923. The lowest BCUT2D eigenvalue weighted by Gasteiger charge is -2.18. The van der Waals surface area contributed by atoms with Gasteiger partial charge in [-0.2, -0.15) is 11.3 Å². The van der Waals surface area contributed by atoms with E-state index in [1.807, 2.05) is 0 Å². The van der Waals surface area contributed by atoms with Gasteiger partial charge in [-0.05, 0) is 22.4 Å². The molecule has 1 N–H and O–H groups in total. The molecule has 1 amide bonds. The highest BCUT2D eigenvalue weighted by atomic mass is 32.1. The molecule has 23 heavy (non-hydrogen) atoms. The third kappa shape index (κ3) is 3.12. The topological polar surface area (TPSA) is 67.3 Å². The SMILES string of the molecule is O=C(Nc1cnccn1)[C@H]1CO[C@@H]2CN(Cc3ccsc3)C[C@H]12. The first-order chi connectivity index (χ1) is 11.3. The van der Waals surface area contributed by atoms with Gasteiger partial charge in [0.15, 0.2) is 5.82 Å². The molecule has 0 spiro atoms. The Kier molecular flexibility index (Phi) is 4.07. The van der Waals surface area contributed by atoms with Gasteiger partial charge in [-0.25, -0.2) is 4.98 Å². The molecule has 2 fully saturated rings. The summed E-state index contributed by atoms with van der Waals surface area (Å²) in [6.45, 7) is 3.22. The van der Waals surface area contributed by atoms with E-state index in [1.165, 1.54) is 5.56 Å². The number of rotatable bonds is 4. The third-order valence-corrected chi connectivity index (χ3v) is 5.26. The Morgan fingerprint density at radius 2 is 2.39 bits per heavy atom. The van der Waals surface area contributed by atoms with Crippen LogP contribution in [0.1, 0.15) is 5.56 Å². The van der Waals surface area contributed by atoms with E-state index >= 15 is 0 Å². The smallest absolute Gasteiger partial charge is 0.231 e. The maximum absolute atomic E-state index is 12.5. The van der Waals surface area contributed by atoms with Gasteiger partial charge in [-0.15, -0.1) is 0 Å². The van der Waals surface area contributed by atoms with E-state index in [0.29, 0.717) is 12.4 Å². The molecule has 0 aromatic carbocycles. The number of fused-ring (bicyclic) bond motifs is 1. The van der Waals surface area contributed by atoms with Gasteiger partial charge in [0, 0.05) is 37.9 Å². The molecular weight excluding hydrogens is 312 g/mol. The van der Waals surface area contributed by atoms with Gasteiger partial charge in [-0.3, -0.25) is 14.7 Å². The van der Waals surface area contributed by atoms with Gasteiger partial charge in [0.25, 0.3) is 0 Å². The van der Waals surface area contributed by atoms with Crippen molar-refractivity contribution in [2.45, 2.75) is 12.6 Å². The molecule has 2 aromatic heterocycles. The Morgan fingerprint density at radius 3 is 3.17 bits per heavy atom. The summed E-state index contributed by atoms with van der Waals surface area (Å²) in [5.74, 6) is 0.615. The predicted molar refractivity (Wildman–Crippen MR) is 87.0 cm³/mol. The van der Waals surface area contributed by atoms with Gasteiger partial charge < -0.3 is 10.1 Å². The molecule has 0 radical (unpaired) electrons. The maximum atomic E-state index is 12.5. The number of nitrogens with zero attached hydrogens (tertiary/aromatic N) is 3. The lowest BCUT2D eigenvalue weighted by molar-refractivity contribution is -0.120. The van der Waals surface area contributed by atoms with Crippen molar-refractivity contribution in [3.63, 3.8) is 0 Å². The number of anilines is 1. The van der Waals surface area contributed by atoms with Crippen LogP contribution < -0.4 is 5.32 Å². The molecule has 7 heteroatoms. The maximum Gasteiger partial charge on any atom is 0.231 e. The van der Waals surface area contributed by atoms with Crippen molar-refractivity contribution in [3.05, 3.63) is 41.0 Å². The number of nitrogens with one attached hydrogen (secondary N) is 1. The molecule has 4 rings (SSSR count). The Hall–Kier alpha value is -1.83. The number of amides is 1. The zero-order valence-corrected chi connectivity index (χ0v) is 13.4. The molecule has 3 atom stereocenters. The second-order valence-electron chi connectivity index (χ2n) is 6.05. The molecule has 4 heterocycles. The number of carbonyl (C=O) groups excluding carboxylic acids is 1. The number of likely N-dealkylation sites (tertiary alicyclic amines) is 1. The van der Waals surface area contributed by atoms with E-state index in [9.17, 15) is 4.79 Å². The first-order valence-electron chi connectivity index (χ1n) is 7.71. The summed E-state index contributed by atoms with van der Waals surface area (Å²) in [7, 11) is 0. The minimum absolute atomic E-state index is 0.0182. The van der Waals surface area contributed by atoms with E-state index in [0.717, 1.165) is 19.6 Å². The molecule has 6 nitrogen and oxygen atoms in total. The minimum Gasteiger partial charge on any atom is -0.376 e. The van der Waals surface area contributed by atoms with Crippen molar-refractivity contribution in [1.29, 1.82) is 0 Å². The summed E-state index contributed by atoms with van der Waals surface area (Å²) in [4.78, 5) is 22.9. The highest BCUT2D eigenvalue weighted by Gasteiger charge is 2.46. The molecule has 0 saturated carbocycles. The Balaban J connectivity index is 1.38. The van der Waals surface area contributed by atoms with Gasteiger partial charge in [-0.1, -0.05) is 0 Å². The largest absolute Gasteiger partial charge is 0.376 e. The summed E-state index contributed by atoms with van der Waals surface area (Å²) >= 11 is 1.72. The van der Waals surface area contributed by atoms with Crippen molar-refractivity contribution in [3.8, 4) is 0 Å². The van der Waals surface area contributed by atoms with E-state index in [-0.39, 0.29) is 23.8 Å². The standard InChI is InChI=1S/C16H18N4O2S/c21-16(19-15-5-17-2-3-18-15)13-9-22-14-8-20(7-12(13)14)6-11-1-4-23-10-11/h1-5,10,12-14H,6-9H2,(H,18,19,21)/t12-,13+,14-/m1/s1. The van der Waals surface area contributed by atoms with Crippen LogP contribution in [0, 0.1) is 11.8 Å². The van der Waals surface area contributed by atoms with Crippen molar-refractivity contribution >= 4 is 23.1 Å². The minimum atomic E-state index is -0.116. The molecule has 2 aromatic rings. The van der Waals surface area contributed by atoms with Crippen molar-refractivity contribution in [2.24, 2.45) is 11.8 Å². The second kappa shape index (κ2) is 6.35. The summed E-state index contributed by atoms with van der Waals surface area (Å²) in [5.41, 5.74) is 1.33. The molecule has 120 valence electrons. The third-order valence-electron chi connectivity index (χ3n) is 4.53. The summed E-state index contributed by atoms with van der Waals surface area (Å²) in [5, 5.41) is 7.12. The van der Waals surface area contributed by atoms with Crippen molar-refractivity contribution < 1.29 is 9.53 Å². The Labute approximate surface area is 138 Å². The number of hydrogen-bond donors (Lipinski definition) is 1. The van der Waals surface area contributed by atoms with E-state index in [4.69, 9.17) is 4.74 Å². The summed E-state index contributed by atoms with van der Waals surface area (Å²) in [6.07, 6.45) is 4.87. The van der Waals surface area contributed by atoms with Gasteiger partial charge in [0.1, 0.15) is 0 Å². The molecule has 2 aliphatic heterocycles. The Morgan fingerprint density at radius 1 is 1.43 bits per heavy atom. The summed E-state index contributed by atoms with van der Waals surface area (Å²) in [6, 6.07) is 2.15. The molecule has 0 aliphatic carbocycles. The van der Waals surface area contributed by atoms with Crippen LogP contribution in [0.3, 0.4) is 0 Å². The molecular formula is C16H18N4O2S. The molecule has 0 bridgehead atoms. The zero-order chi connectivity index (χ0) is 15.6. The van der Waals surface area contributed by atoms with Crippen LogP contribution in [0.5, 0.6) is 0 Å². The van der Waals surface area contributed by atoms with Crippen LogP contribution in [0.2, 0.25) is 0 Å². The lowest BCUT2D eigenvalue weighted by Crippen LogP contribution is -2.32. The fraction of sp³-hybridized carbons (Fsp3) is 0.438. The predicted octanol–water partition coefficient (Wildman–Crippen LogP) is 1.62. The van der Waals surface area contributed by atoms with Crippen molar-refractivity contribution in [2.75, 3.05) is 25.0 Å². The first-order valence-corrected chi connectivity index (χ1v) is 8.66. The van der Waals surface area contributed by atoms with Gasteiger partial charge >= 0.3 is 0 Å². The zero-order valence-electron chi connectivity index (χ0n) is 12.6. The summed E-state index contributed by atoms with van der Waals surface area (Å²) < 4.78 is 5.86. The number of aromatic nitrogens is 2. The number of carbonyl (C=O) groups is 1. The van der Waals surface area contributed by atoms with Crippen LogP contribution in [0.25, 0.3) is 0 Å². The molecule has 0 unspecified atom stereocenters. The molecule has 2 aliphatic rings. The second-order valence-corrected chi connectivity index (χ2v) is 6.83. The van der Waals surface area contributed by atoms with Crippen molar-refractivity contribution in [1.82, 2.24) is 14.9 Å². The van der Waals surface area contributed by atoms with Crippen LogP contribution in [-0.2, 0) is 16.1 Å². The van der Waals surface area contributed by atoms with E-state index < -0.39 is 0 Å². The number of ether oxygens (including phenoxy) is 1. The fourth-order valence-corrected chi connectivity index (χ4v) is 4.08. The van der Waals surface area contributed by atoms with E-state index in [1.54, 1.807) is 29.9 Å². The fourth-order valence-electron chi connectivity index (χ4n) is 3.42. The normalized spacial score (nSPS) is 27.0. The highest BCUT2D eigenvalue weighted by molar-refractivity contribution is 7.07. The van der Waals surface area contributed by atoms with Crippen LogP contribution in [-0.4, -0.2) is 46.6 Å².